The molecule has 0 saturated carbocycles. The van der Waals surface area contributed by atoms with Crippen LogP contribution in [-0.4, -0.2) is 44.1 Å². The molecule has 0 aromatic heterocycles. The molecule has 3 aliphatic rings. The molecule has 8 nitrogen and oxygen atoms in total. The lowest BCUT2D eigenvalue weighted by Gasteiger charge is -2.42. The summed E-state index contributed by atoms with van der Waals surface area (Å²) in [5, 5.41) is 25.1. The number of aliphatic hydroxyl groups is 1. The Bertz CT molecular complexity index is 1270. The number of hydrogen-bond donors (Lipinski definition) is 3. The van der Waals surface area contributed by atoms with Crippen LogP contribution in [0, 0.1) is 17.7 Å². The molecule has 9 heteroatoms. The van der Waals surface area contributed by atoms with Gasteiger partial charge in [-0.3, -0.25) is 0 Å². The summed E-state index contributed by atoms with van der Waals surface area (Å²) in [6.07, 6.45) is -1.03. The summed E-state index contributed by atoms with van der Waals surface area (Å²) in [5.41, 5.74) is 3.41. The molecular weight excluding hydrogens is 469 g/mol. The molecule has 5 atom stereocenters. The zero-order valence-corrected chi connectivity index (χ0v) is 19.7. The van der Waals surface area contributed by atoms with Crippen LogP contribution in [0.4, 0.5) is 10.1 Å². The monoisotopic (exact) mass is 495 g/mol. The van der Waals surface area contributed by atoms with Crippen molar-refractivity contribution in [1.29, 1.82) is 0 Å². The minimum Gasteiger partial charge on any atom is -0.502 e. The number of phenolic OH excluding ortho intramolecular Hbond substituents is 1. The summed E-state index contributed by atoms with van der Waals surface area (Å²) < 4.78 is 41.6. The lowest BCUT2D eigenvalue weighted by Crippen LogP contribution is -2.39. The van der Waals surface area contributed by atoms with Crippen LogP contribution in [-0.2, 0) is 4.74 Å². The summed E-state index contributed by atoms with van der Waals surface area (Å²) >= 11 is 0. The van der Waals surface area contributed by atoms with E-state index in [4.69, 9.17) is 23.7 Å². The number of hydrogen-bond acceptors (Lipinski definition) is 8. The fourth-order valence-electron chi connectivity index (χ4n) is 5.73. The van der Waals surface area contributed by atoms with Crippen LogP contribution in [0.3, 0.4) is 0 Å². The molecular formula is C27H26FNO7. The Morgan fingerprint density at radius 2 is 1.58 bits per heavy atom. The van der Waals surface area contributed by atoms with Gasteiger partial charge in [-0.25, -0.2) is 4.39 Å². The Morgan fingerprint density at radius 1 is 0.944 bits per heavy atom. The molecule has 1 saturated heterocycles. The highest BCUT2D eigenvalue weighted by atomic mass is 19.1. The SMILES string of the molecule is COc1cc([C@H]2c3cc4c(cc3[C@@H](Nc3ccc(F)cc3)C3CO[C@@H](O)[C@@H]32)OCO4)cc(OC)c1O. The van der Waals surface area contributed by atoms with Gasteiger partial charge in [0.1, 0.15) is 5.82 Å². The first-order valence-corrected chi connectivity index (χ1v) is 11.7. The predicted octanol–water partition coefficient (Wildman–Crippen LogP) is 4.16. The topological polar surface area (TPSA) is 98.6 Å². The minimum absolute atomic E-state index is 0.0962. The van der Waals surface area contributed by atoms with Crippen molar-refractivity contribution in [3.05, 3.63) is 71.0 Å². The molecule has 1 fully saturated rings. The van der Waals surface area contributed by atoms with E-state index in [1.165, 1.54) is 26.4 Å². The molecule has 188 valence electrons. The van der Waals surface area contributed by atoms with Gasteiger partial charge in [-0.15, -0.1) is 0 Å². The average molecular weight is 496 g/mol. The van der Waals surface area contributed by atoms with Crippen molar-refractivity contribution in [3.63, 3.8) is 0 Å². The van der Waals surface area contributed by atoms with Crippen LogP contribution in [0.25, 0.3) is 0 Å². The largest absolute Gasteiger partial charge is 0.502 e. The van der Waals surface area contributed by atoms with Gasteiger partial charge in [-0.2, -0.15) is 0 Å². The molecule has 0 bridgehead atoms. The Labute approximate surface area is 207 Å². The summed E-state index contributed by atoms with van der Waals surface area (Å²) in [6.45, 7) is 0.444. The van der Waals surface area contributed by atoms with Crippen LogP contribution in [0.2, 0.25) is 0 Å². The minimum atomic E-state index is -1.03. The smallest absolute Gasteiger partial charge is 0.231 e. The number of methoxy groups -OCH3 is 2. The normalized spacial score (nSPS) is 25.7. The lowest BCUT2D eigenvalue weighted by atomic mass is 9.65. The molecule has 3 aromatic carbocycles. The van der Waals surface area contributed by atoms with Gasteiger partial charge in [0.25, 0.3) is 0 Å². The molecule has 0 spiro atoms. The number of aliphatic hydroxyl groups excluding tert-OH is 1. The maximum Gasteiger partial charge on any atom is 0.231 e. The van der Waals surface area contributed by atoms with Crippen molar-refractivity contribution in [2.45, 2.75) is 18.2 Å². The molecule has 3 N–H and O–H groups in total. The molecule has 1 aliphatic carbocycles. The highest BCUT2D eigenvalue weighted by Crippen LogP contribution is 2.57. The van der Waals surface area contributed by atoms with Gasteiger partial charge in [-0.05, 0) is 65.2 Å². The number of benzene rings is 3. The van der Waals surface area contributed by atoms with E-state index in [1.54, 1.807) is 24.3 Å². The molecule has 0 amide bonds. The van der Waals surface area contributed by atoms with Gasteiger partial charge in [-0.1, -0.05) is 0 Å². The Kier molecular flexibility index (Phi) is 5.54. The van der Waals surface area contributed by atoms with Crippen molar-refractivity contribution in [3.8, 4) is 28.7 Å². The van der Waals surface area contributed by atoms with E-state index in [0.717, 1.165) is 22.4 Å². The molecule has 2 aliphatic heterocycles. The number of phenols is 1. The number of ether oxygens (including phenoxy) is 5. The first-order chi connectivity index (χ1) is 17.5. The van der Waals surface area contributed by atoms with E-state index in [2.05, 4.69) is 5.32 Å². The average Bonchev–Trinajstić information content (AvgIpc) is 3.51. The number of halogens is 1. The van der Waals surface area contributed by atoms with Gasteiger partial charge < -0.3 is 39.2 Å². The summed E-state index contributed by atoms with van der Waals surface area (Å²) in [6, 6.07) is 13.3. The fourth-order valence-corrected chi connectivity index (χ4v) is 5.73. The predicted molar refractivity (Wildman–Crippen MR) is 127 cm³/mol. The van der Waals surface area contributed by atoms with Crippen LogP contribution in [0.1, 0.15) is 28.7 Å². The molecule has 0 radical (unpaired) electrons. The molecule has 36 heavy (non-hydrogen) atoms. The van der Waals surface area contributed by atoms with Crippen LogP contribution in [0.5, 0.6) is 28.7 Å². The van der Waals surface area contributed by atoms with Crippen molar-refractivity contribution in [2.24, 2.45) is 11.8 Å². The lowest BCUT2D eigenvalue weighted by molar-refractivity contribution is -0.0854. The second-order valence-electron chi connectivity index (χ2n) is 9.18. The van der Waals surface area contributed by atoms with Crippen molar-refractivity contribution < 1.29 is 38.3 Å². The Morgan fingerprint density at radius 3 is 2.22 bits per heavy atom. The van der Waals surface area contributed by atoms with Gasteiger partial charge >= 0.3 is 0 Å². The van der Waals surface area contributed by atoms with E-state index < -0.39 is 6.29 Å². The second-order valence-corrected chi connectivity index (χ2v) is 9.18. The molecule has 1 unspecified atom stereocenters. The third kappa shape index (κ3) is 3.58. The fraction of sp³-hybridized carbons (Fsp3) is 0.333. The highest BCUT2D eigenvalue weighted by molar-refractivity contribution is 5.60. The number of nitrogens with one attached hydrogen (secondary N) is 1. The first-order valence-electron chi connectivity index (χ1n) is 11.7. The van der Waals surface area contributed by atoms with E-state index in [-0.39, 0.29) is 53.7 Å². The van der Waals surface area contributed by atoms with Crippen molar-refractivity contribution in [1.82, 2.24) is 0 Å². The zero-order valence-electron chi connectivity index (χ0n) is 19.7. The molecule has 3 aromatic rings. The first kappa shape index (κ1) is 22.8. The van der Waals surface area contributed by atoms with E-state index in [0.29, 0.717) is 18.1 Å². The van der Waals surface area contributed by atoms with Crippen LogP contribution >= 0.6 is 0 Å². The zero-order chi connectivity index (χ0) is 25.0. The quantitative estimate of drug-likeness (QED) is 0.486. The second kappa shape index (κ2) is 8.76. The number of rotatable bonds is 5. The van der Waals surface area contributed by atoms with Gasteiger partial charge in [0.2, 0.25) is 12.5 Å². The maximum atomic E-state index is 13.6. The Hall–Kier alpha value is -3.69. The van der Waals surface area contributed by atoms with Crippen molar-refractivity contribution in [2.75, 3.05) is 32.9 Å². The van der Waals surface area contributed by atoms with Gasteiger partial charge in [0, 0.05) is 23.4 Å². The molecule has 6 rings (SSSR count). The standard InChI is InChI=1S/C27H26FNO7/c1-32-21-7-13(8-22(33-2)26(21)30)23-16-9-19-20(36-12-35-19)10-17(16)25(18-11-34-27(31)24(18)23)29-15-5-3-14(28)4-6-15/h3-10,18,23-25,27,29-31H,11-12H2,1-2H3/t18?,23-,24-,25+,27+/m0/s1. The number of fused-ring (bicyclic) bond motifs is 3. The summed E-state index contributed by atoms with van der Waals surface area (Å²) in [4.78, 5) is 0. The number of anilines is 1. The maximum absolute atomic E-state index is 13.6. The van der Waals surface area contributed by atoms with Gasteiger partial charge in [0.15, 0.2) is 29.3 Å². The Balaban J connectivity index is 1.54. The third-order valence-corrected chi connectivity index (χ3v) is 7.37. The van der Waals surface area contributed by atoms with E-state index in [9.17, 15) is 14.6 Å². The van der Waals surface area contributed by atoms with Crippen LogP contribution in [0.15, 0.2) is 48.5 Å². The number of aromatic hydroxyl groups is 1. The third-order valence-electron chi connectivity index (χ3n) is 7.37. The van der Waals surface area contributed by atoms with Crippen LogP contribution < -0.4 is 24.3 Å². The van der Waals surface area contributed by atoms with E-state index in [1.807, 2.05) is 12.1 Å². The molecule has 2 heterocycles. The van der Waals surface area contributed by atoms with E-state index >= 15 is 0 Å². The van der Waals surface area contributed by atoms with Gasteiger partial charge in [0.05, 0.1) is 26.9 Å². The summed E-state index contributed by atoms with van der Waals surface area (Å²) in [5.74, 6) is 0.573. The van der Waals surface area contributed by atoms with Crippen molar-refractivity contribution >= 4 is 5.69 Å². The highest BCUT2D eigenvalue weighted by Gasteiger charge is 2.51. The summed E-state index contributed by atoms with van der Waals surface area (Å²) in [7, 11) is 2.95.